The average molecular weight is 449 g/mol. The number of rotatable bonds is 5. The van der Waals surface area contributed by atoms with Crippen molar-refractivity contribution in [2.75, 3.05) is 13.2 Å². The molecule has 1 aliphatic heterocycles. The molecule has 1 aromatic carbocycles. The fraction of sp³-hybridized carbons (Fsp3) is 0.300. The summed E-state index contributed by atoms with van der Waals surface area (Å²) >= 11 is 12.1. The van der Waals surface area contributed by atoms with Crippen LogP contribution in [0.4, 0.5) is 0 Å². The Morgan fingerprint density at radius 3 is 2.80 bits per heavy atom. The highest BCUT2D eigenvalue weighted by molar-refractivity contribution is 6.31. The second-order valence-corrected chi connectivity index (χ2v) is 7.93. The first-order valence-corrected chi connectivity index (χ1v) is 10.1. The van der Waals surface area contributed by atoms with E-state index in [-0.39, 0.29) is 29.8 Å². The summed E-state index contributed by atoms with van der Waals surface area (Å²) in [5, 5.41) is 17.4. The number of fused-ring (bicyclic) bond motifs is 1. The van der Waals surface area contributed by atoms with Crippen LogP contribution in [-0.2, 0) is 16.0 Å². The van der Waals surface area contributed by atoms with Gasteiger partial charge in [0.1, 0.15) is 12.6 Å². The zero-order valence-electron chi connectivity index (χ0n) is 16.0. The Balaban J connectivity index is 1.80. The van der Waals surface area contributed by atoms with Gasteiger partial charge in [0, 0.05) is 22.3 Å². The summed E-state index contributed by atoms with van der Waals surface area (Å²) in [4.78, 5) is 25.4. The lowest BCUT2D eigenvalue weighted by Crippen LogP contribution is -2.31. The van der Waals surface area contributed by atoms with Crippen molar-refractivity contribution in [3.05, 3.63) is 62.8 Å². The molecule has 1 N–H and O–H groups in total. The van der Waals surface area contributed by atoms with Crippen LogP contribution in [0.1, 0.15) is 18.7 Å². The van der Waals surface area contributed by atoms with Crippen LogP contribution in [0, 0.1) is 5.92 Å². The Morgan fingerprint density at radius 1 is 1.30 bits per heavy atom. The minimum atomic E-state index is -0.721. The van der Waals surface area contributed by atoms with Gasteiger partial charge in [-0.25, -0.2) is 9.48 Å². The van der Waals surface area contributed by atoms with Crippen molar-refractivity contribution >= 4 is 29.2 Å². The molecule has 2 atom stereocenters. The molecular formula is C20H18Cl2N4O4. The molecule has 0 saturated heterocycles. The third-order valence-corrected chi connectivity index (χ3v) is 5.46. The number of benzene rings is 1. The number of aliphatic hydroxyl groups is 1. The molecule has 0 amide bonds. The fourth-order valence-electron chi connectivity index (χ4n) is 3.83. The fourth-order valence-corrected chi connectivity index (χ4v) is 4.13. The molecular weight excluding hydrogens is 431 g/mol. The van der Waals surface area contributed by atoms with Crippen molar-refractivity contribution < 1.29 is 14.6 Å². The smallest absolute Gasteiger partial charge is 0.329 e. The molecule has 0 aliphatic carbocycles. The largest absolute Gasteiger partial charge is 0.462 e. The summed E-state index contributed by atoms with van der Waals surface area (Å²) in [6, 6.07) is 7.83. The van der Waals surface area contributed by atoms with Gasteiger partial charge in [-0.05, 0) is 42.2 Å². The molecule has 3 aromatic rings. The number of aliphatic hydroxyl groups excluding tert-OH is 1. The molecule has 0 unspecified atom stereocenters. The number of halogens is 2. The highest BCUT2D eigenvalue weighted by Gasteiger charge is 2.37. The molecule has 3 heterocycles. The molecule has 1 aliphatic rings. The maximum Gasteiger partial charge on any atom is 0.329 e. The highest BCUT2D eigenvalue weighted by Crippen LogP contribution is 2.35. The molecule has 0 fully saturated rings. The molecule has 2 aromatic heterocycles. The van der Waals surface area contributed by atoms with Crippen LogP contribution < -0.4 is 5.56 Å². The molecule has 0 bridgehead atoms. The molecule has 8 nitrogen and oxygen atoms in total. The third kappa shape index (κ3) is 3.74. The zero-order valence-corrected chi connectivity index (χ0v) is 17.5. The Labute approximate surface area is 181 Å². The van der Waals surface area contributed by atoms with E-state index in [1.165, 1.54) is 15.3 Å². The molecule has 156 valence electrons. The van der Waals surface area contributed by atoms with Crippen LogP contribution in [0.5, 0.6) is 0 Å². The van der Waals surface area contributed by atoms with Crippen LogP contribution in [0.3, 0.4) is 0 Å². The van der Waals surface area contributed by atoms with Gasteiger partial charge in [0.2, 0.25) is 0 Å². The minimum absolute atomic E-state index is 0.101. The molecule has 0 radical (unpaired) electrons. The van der Waals surface area contributed by atoms with E-state index in [2.05, 4.69) is 10.3 Å². The number of esters is 1. The van der Waals surface area contributed by atoms with E-state index < -0.39 is 12.0 Å². The summed E-state index contributed by atoms with van der Waals surface area (Å²) in [6.07, 6.45) is 2.09. The first-order chi connectivity index (χ1) is 14.4. The molecule has 4 rings (SSSR count). The van der Waals surface area contributed by atoms with Crippen molar-refractivity contribution in [3.8, 4) is 16.8 Å². The first-order valence-electron chi connectivity index (χ1n) is 9.30. The SMILES string of the molecule is C[C@H]1Cc2cc(-c3cc(Cl)ccc3-n3cc(Cl)nn3)cc(=O)n2[C@@H]1C(=O)OCCO. The topological polar surface area (TPSA) is 99.2 Å². The molecule has 10 heteroatoms. The molecule has 0 spiro atoms. The zero-order chi connectivity index (χ0) is 21.4. The van der Waals surface area contributed by atoms with E-state index in [0.29, 0.717) is 28.3 Å². The van der Waals surface area contributed by atoms with Gasteiger partial charge in [0.05, 0.1) is 18.5 Å². The van der Waals surface area contributed by atoms with Gasteiger partial charge in [0.15, 0.2) is 5.15 Å². The Bertz CT molecular complexity index is 1170. The van der Waals surface area contributed by atoms with E-state index in [1.54, 1.807) is 24.4 Å². The Hall–Kier alpha value is -2.68. The second-order valence-electron chi connectivity index (χ2n) is 7.11. The van der Waals surface area contributed by atoms with Crippen LogP contribution >= 0.6 is 23.2 Å². The highest BCUT2D eigenvalue weighted by atomic mass is 35.5. The maximum absolute atomic E-state index is 13.0. The normalized spacial score (nSPS) is 17.7. The predicted molar refractivity (Wildman–Crippen MR) is 111 cm³/mol. The summed E-state index contributed by atoms with van der Waals surface area (Å²) in [6.45, 7) is 1.52. The number of ether oxygens (including phenoxy) is 1. The quantitative estimate of drug-likeness (QED) is 0.602. The summed E-state index contributed by atoms with van der Waals surface area (Å²) in [5.74, 6) is -0.641. The average Bonchev–Trinajstić information content (AvgIpc) is 3.28. The van der Waals surface area contributed by atoms with E-state index in [9.17, 15) is 9.59 Å². The van der Waals surface area contributed by atoms with Crippen molar-refractivity contribution in [1.82, 2.24) is 19.6 Å². The lowest BCUT2D eigenvalue weighted by Gasteiger charge is -2.17. The third-order valence-electron chi connectivity index (χ3n) is 5.06. The lowest BCUT2D eigenvalue weighted by molar-refractivity contribution is -0.149. The van der Waals surface area contributed by atoms with Crippen molar-refractivity contribution in [1.29, 1.82) is 0 Å². The van der Waals surface area contributed by atoms with Gasteiger partial charge in [-0.15, -0.1) is 5.10 Å². The molecule has 0 saturated carbocycles. The number of carbonyl (C=O) groups excluding carboxylic acids is 1. The van der Waals surface area contributed by atoms with Gasteiger partial charge in [-0.2, -0.15) is 0 Å². The number of hydrogen-bond acceptors (Lipinski definition) is 6. The number of pyridine rings is 1. The maximum atomic E-state index is 13.0. The Morgan fingerprint density at radius 2 is 2.10 bits per heavy atom. The van der Waals surface area contributed by atoms with E-state index in [1.807, 2.05) is 13.0 Å². The van der Waals surface area contributed by atoms with E-state index in [0.717, 1.165) is 5.69 Å². The van der Waals surface area contributed by atoms with Gasteiger partial charge in [0.25, 0.3) is 5.56 Å². The van der Waals surface area contributed by atoms with Crippen LogP contribution in [-0.4, -0.2) is 43.9 Å². The lowest BCUT2D eigenvalue weighted by atomic mass is 10.0. The van der Waals surface area contributed by atoms with E-state index >= 15 is 0 Å². The van der Waals surface area contributed by atoms with Gasteiger partial charge in [-0.3, -0.25) is 9.36 Å². The number of hydrogen-bond donors (Lipinski definition) is 1. The van der Waals surface area contributed by atoms with Crippen molar-refractivity contribution in [2.24, 2.45) is 5.92 Å². The summed E-state index contributed by atoms with van der Waals surface area (Å²) in [7, 11) is 0. The van der Waals surface area contributed by atoms with Crippen LogP contribution in [0.2, 0.25) is 10.2 Å². The van der Waals surface area contributed by atoms with E-state index in [4.69, 9.17) is 33.0 Å². The second kappa shape index (κ2) is 8.22. The monoisotopic (exact) mass is 448 g/mol. The first kappa shape index (κ1) is 20.6. The number of aromatic nitrogens is 4. The van der Waals surface area contributed by atoms with Crippen molar-refractivity contribution in [3.63, 3.8) is 0 Å². The standard InChI is InChI=1S/C20H18Cl2N4O4/c1-11-6-14-7-12(8-18(28)26(14)19(11)20(29)30-5-4-27)15-9-13(21)2-3-16(15)25-10-17(22)23-24-25/h2-3,7-11,19,27H,4-6H2,1H3/t11-,19-/m0/s1. The van der Waals surface area contributed by atoms with Gasteiger partial charge >= 0.3 is 5.97 Å². The van der Waals surface area contributed by atoms with Crippen LogP contribution in [0.25, 0.3) is 16.8 Å². The summed E-state index contributed by atoms with van der Waals surface area (Å²) < 4.78 is 8.04. The van der Waals surface area contributed by atoms with Gasteiger partial charge < -0.3 is 9.84 Å². The Kier molecular flexibility index (Phi) is 5.64. The number of carbonyl (C=O) groups is 1. The molecule has 30 heavy (non-hydrogen) atoms. The minimum Gasteiger partial charge on any atom is -0.462 e. The van der Waals surface area contributed by atoms with Gasteiger partial charge in [-0.1, -0.05) is 35.3 Å². The summed E-state index contributed by atoms with van der Waals surface area (Å²) in [5.41, 5.74) is 2.39. The number of nitrogens with zero attached hydrogens (tertiary/aromatic N) is 4. The van der Waals surface area contributed by atoms with Crippen LogP contribution in [0.15, 0.2) is 41.3 Å². The van der Waals surface area contributed by atoms with Crippen molar-refractivity contribution in [2.45, 2.75) is 19.4 Å². The predicted octanol–water partition coefficient (Wildman–Crippen LogP) is 2.67.